The Morgan fingerprint density at radius 2 is 2.35 bits per heavy atom. The average Bonchev–Trinajstić information content (AvgIpc) is 2.75. The van der Waals surface area contributed by atoms with Crippen molar-refractivity contribution in [3.05, 3.63) is 18.0 Å². The third-order valence-electron chi connectivity index (χ3n) is 2.31. The molecule has 0 unspecified atom stereocenters. The van der Waals surface area contributed by atoms with E-state index >= 15 is 0 Å². The van der Waals surface area contributed by atoms with E-state index in [0.717, 1.165) is 6.42 Å². The standard InChI is InChI=1S/C12H21N3O2/c1-4-15-11(6-8-14-15)12(16)13-7-5-9-17-10(2)3/h6,8,10H,4-5,7,9H2,1-3H3,(H,13,16). The molecule has 0 saturated carbocycles. The number of hydrogen-bond donors (Lipinski definition) is 1. The van der Waals surface area contributed by atoms with Gasteiger partial charge in [-0.25, -0.2) is 0 Å². The van der Waals surface area contributed by atoms with Gasteiger partial charge in [0.25, 0.3) is 5.91 Å². The molecule has 1 heterocycles. The van der Waals surface area contributed by atoms with Gasteiger partial charge in [0.1, 0.15) is 5.69 Å². The van der Waals surface area contributed by atoms with E-state index in [1.165, 1.54) is 0 Å². The fourth-order valence-corrected chi connectivity index (χ4v) is 1.46. The highest BCUT2D eigenvalue weighted by atomic mass is 16.5. The summed E-state index contributed by atoms with van der Waals surface area (Å²) in [6, 6.07) is 1.73. The highest BCUT2D eigenvalue weighted by Gasteiger charge is 2.09. The fourth-order valence-electron chi connectivity index (χ4n) is 1.46. The van der Waals surface area contributed by atoms with Crippen molar-refractivity contribution in [2.75, 3.05) is 13.2 Å². The number of nitrogens with zero attached hydrogens (tertiary/aromatic N) is 2. The maximum Gasteiger partial charge on any atom is 0.269 e. The van der Waals surface area contributed by atoms with E-state index in [1.54, 1.807) is 16.9 Å². The lowest BCUT2D eigenvalue weighted by Crippen LogP contribution is -2.27. The SMILES string of the molecule is CCn1nccc1C(=O)NCCCOC(C)C. The molecule has 5 nitrogen and oxygen atoms in total. The number of carbonyl (C=O) groups is 1. The van der Waals surface area contributed by atoms with Gasteiger partial charge < -0.3 is 10.1 Å². The van der Waals surface area contributed by atoms with Crippen LogP contribution in [0.3, 0.4) is 0 Å². The molecule has 0 radical (unpaired) electrons. The van der Waals surface area contributed by atoms with Crippen molar-refractivity contribution >= 4 is 5.91 Å². The second-order valence-electron chi connectivity index (χ2n) is 4.06. The number of carbonyl (C=O) groups excluding carboxylic acids is 1. The summed E-state index contributed by atoms with van der Waals surface area (Å²) in [5, 5.41) is 6.91. The average molecular weight is 239 g/mol. The zero-order valence-electron chi connectivity index (χ0n) is 10.8. The number of hydrogen-bond acceptors (Lipinski definition) is 3. The lowest BCUT2D eigenvalue weighted by molar-refractivity contribution is 0.0756. The molecule has 1 rings (SSSR count). The molecule has 0 fully saturated rings. The third-order valence-corrected chi connectivity index (χ3v) is 2.31. The summed E-state index contributed by atoms with van der Waals surface area (Å²) in [6.07, 6.45) is 2.71. The first-order chi connectivity index (χ1) is 8.15. The Kier molecular flexibility index (Phi) is 5.69. The molecule has 0 aliphatic carbocycles. The lowest BCUT2D eigenvalue weighted by Gasteiger charge is -2.08. The Morgan fingerprint density at radius 3 is 3.00 bits per heavy atom. The molecule has 1 N–H and O–H groups in total. The molecule has 0 spiro atoms. The summed E-state index contributed by atoms with van der Waals surface area (Å²) in [7, 11) is 0. The van der Waals surface area contributed by atoms with Crippen LogP contribution in [-0.4, -0.2) is 34.9 Å². The van der Waals surface area contributed by atoms with E-state index in [0.29, 0.717) is 25.4 Å². The first kappa shape index (κ1) is 13.7. The molecule has 0 saturated heterocycles. The van der Waals surface area contributed by atoms with Gasteiger partial charge in [-0.1, -0.05) is 0 Å². The molecule has 0 atom stereocenters. The lowest BCUT2D eigenvalue weighted by atomic mass is 10.3. The summed E-state index contributed by atoms with van der Waals surface area (Å²) >= 11 is 0. The van der Waals surface area contributed by atoms with E-state index in [9.17, 15) is 4.79 Å². The van der Waals surface area contributed by atoms with Gasteiger partial charge in [0.15, 0.2) is 0 Å². The highest BCUT2D eigenvalue weighted by Crippen LogP contribution is 1.98. The van der Waals surface area contributed by atoms with Crippen LogP contribution in [0.2, 0.25) is 0 Å². The normalized spacial score (nSPS) is 10.8. The Hall–Kier alpha value is -1.36. The van der Waals surface area contributed by atoms with Crippen molar-refractivity contribution in [3.8, 4) is 0 Å². The summed E-state index contributed by atoms with van der Waals surface area (Å²) in [4.78, 5) is 11.8. The summed E-state index contributed by atoms with van der Waals surface area (Å²) in [5.41, 5.74) is 0.609. The summed E-state index contributed by atoms with van der Waals surface area (Å²) in [5.74, 6) is -0.0751. The van der Waals surface area contributed by atoms with E-state index in [-0.39, 0.29) is 12.0 Å². The number of aromatic nitrogens is 2. The molecule has 0 bridgehead atoms. The highest BCUT2D eigenvalue weighted by molar-refractivity contribution is 5.92. The third kappa shape index (κ3) is 4.56. The number of nitrogens with one attached hydrogen (secondary N) is 1. The molecule has 96 valence electrons. The first-order valence-electron chi connectivity index (χ1n) is 6.06. The van der Waals surface area contributed by atoms with Gasteiger partial charge in [-0.15, -0.1) is 0 Å². The molecule has 1 amide bonds. The minimum atomic E-state index is -0.0751. The Labute approximate surface area is 102 Å². The zero-order valence-corrected chi connectivity index (χ0v) is 10.8. The van der Waals surface area contributed by atoms with Crippen LogP contribution in [0.4, 0.5) is 0 Å². The van der Waals surface area contributed by atoms with E-state index in [2.05, 4.69) is 10.4 Å². The number of ether oxygens (including phenoxy) is 1. The zero-order chi connectivity index (χ0) is 12.7. The van der Waals surface area contributed by atoms with Crippen LogP contribution >= 0.6 is 0 Å². The van der Waals surface area contributed by atoms with Crippen molar-refractivity contribution in [3.63, 3.8) is 0 Å². The largest absolute Gasteiger partial charge is 0.379 e. The molecule has 1 aromatic rings. The minimum Gasteiger partial charge on any atom is -0.379 e. The van der Waals surface area contributed by atoms with Crippen LogP contribution in [0.15, 0.2) is 12.3 Å². The van der Waals surface area contributed by atoms with Crippen LogP contribution in [0, 0.1) is 0 Å². The van der Waals surface area contributed by atoms with Gasteiger partial charge in [0.2, 0.25) is 0 Å². The predicted octanol–water partition coefficient (Wildman–Crippen LogP) is 1.45. The monoisotopic (exact) mass is 239 g/mol. The van der Waals surface area contributed by atoms with Gasteiger partial charge >= 0.3 is 0 Å². The Morgan fingerprint density at radius 1 is 1.59 bits per heavy atom. The molecule has 5 heteroatoms. The van der Waals surface area contributed by atoms with Crippen LogP contribution < -0.4 is 5.32 Å². The number of aryl methyl sites for hydroxylation is 1. The fraction of sp³-hybridized carbons (Fsp3) is 0.667. The number of amides is 1. The van der Waals surface area contributed by atoms with Crippen molar-refractivity contribution in [1.29, 1.82) is 0 Å². The van der Waals surface area contributed by atoms with Crippen molar-refractivity contribution in [1.82, 2.24) is 15.1 Å². The van der Waals surface area contributed by atoms with Crippen LogP contribution in [-0.2, 0) is 11.3 Å². The van der Waals surface area contributed by atoms with Gasteiger partial charge in [-0.05, 0) is 33.3 Å². The van der Waals surface area contributed by atoms with Gasteiger partial charge in [-0.3, -0.25) is 9.48 Å². The van der Waals surface area contributed by atoms with Crippen LogP contribution in [0.1, 0.15) is 37.7 Å². The molecule has 0 aliphatic heterocycles. The predicted molar refractivity (Wildman–Crippen MR) is 65.9 cm³/mol. The molecule has 17 heavy (non-hydrogen) atoms. The van der Waals surface area contributed by atoms with E-state index < -0.39 is 0 Å². The molecule has 0 aliphatic rings. The maximum atomic E-state index is 11.8. The van der Waals surface area contributed by atoms with Gasteiger partial charge in [-0.2, -0.15) is 5.10 Å². The quantitative estimate of drug-likeness (QED) is 0.733. The van der Waals surface area contributed by atoms with Crippen LogP contribution in [0.25, 0.3) is 0 Å². The van der Waals surface area contributed by atoms with Crippen molar-refractivity contribution in [2.24, 2.45) is 0 Å². The Balaban J connectivity index is 2.26. The number of rotatable bonds is 7. The summed E-state index contributed by atoms with van der Waals surface area (Å²) < 4.78 is 7.07. The molecular weight excluding hydrogens is 218 g/mol. The summed E-state index contributed by atoms with van der Waals surface area (Å²) in [6.45, 7) is 7.95. The Bertz CT molecular complexity index is 347. The van der Waals surface area contributed by atoms with E-state index in [1.807, 2.05) is 20.8 Å². The van der Waals surface area contributed by atoms with Gasteiger partial charge in [0, 0.05) is 25.9 Å². The second-order valence-corrected chi connectivity index (χ2v) is 4.06. The smallest absolute Gasteiger partial charge is 0.269 e. The molecule has 0 aromatic carbocycles. The molecular formula is C12H21N3O2. The van der Waals surface area contributed by atoms with Crippen molar-refractivity contribution in [2.45, 2.75) is 39.8 Å². The van der Waals surface area contributed by atoms with Gasteiger partial charge in [0.05, 0.1) is 6.10 Å². The van der Waals surface area contributed by atoms with Crippen LogP contribution in [0.5, 0.6) is 0 Å². The minimum absolute atomic E-state index is 0.0751. The second kappa shape index (κ2) is 7.06. The first-order valence-corrected chi connectivity index (χ1v) is 6.06. The van der Waals surface area contributed by atoms with Crippen molar-refractivity contribution < 1.29 is 9.53 Å². The maximum absolute atomic E-state index is 11.8. The topological polar surface area (TPSA) is 56.2 Å². The molecule has 1 aromatic heterocycles. The van der Waals surface area contributed by atoms with E-state index in [4.69, 9.17) is 4.74 Å².